The molecule has 1 aromatic carbocycles. The van der Waals surface area contributed by atoms with Crippen molar-refractivity contribution in [3.05, 3.63) is 34.4 Å². The zero-order valence-corrected chi connectivity index (χ0v) is 12.1. The summed E-state index contributed by atoms with van der Waals surface area (Å²) in [4.78, 5) is 4.44. The van der Waals surface area contributed by atoms with E-state index in [4.69, 9.17) is 4.74 Å². The number of nitrogens with zero attached hydrogens (tertiary/aromatic N) is 1. The van der Waals surface area contributed by atoms with Crippen molar-refractivity contribution in [2.45, 2.75) is 33.3 Å². The molecule has 2 nitrogen and oxygen atoms in total. The summed E-state index contributed by atoms with van der Waals surface area (Å²) in [5, 5.41) is 1.13. The minimum atomic E-state index is -0.176. The van der Waals surface area contributed by atoms with Crippen molar-refractivity contribution in [2.24, 2.45) is 0 Å². The predicted octanol–water partition coefficient (Wildman–Crippen LogP) is 4.48. The maximum absolute atomic E-state index is 5.86. The second-order valence-electron chi connectivity index (χ2n) is 5.16. The molecule has 0 atom stereocenters. The van der Waals surface area contributed by atoms with Crippen LogP contribution in [0.3, 0.4) is 0 Å². The summed E-state index contributed by atoms with van der Waals surface area (Å²) < 4.78 is 6.72. The Labute approximate surface area is 110 Å². The van der Waals surface area contributed by atoms with Crippen LogP contribution in [0.15, 0.2) is 28.9 Å². The molecule has 0 saturated carbocycles. The molecule has 0 radical (unpaired) electrons. The molecule has 3 heteroatoms. The molecule has 0 N–H and O–H groups in total. The van der Waals surface area contributed by atoms with E-state index >= 15 is 0 Å². The maximum Gasteiger partial charge on any atom is 0.120 e. The van der Waals surface area contributed by atoms with Gasteiger partial charge in [-0.2, -0.15) is 0 Å². The molecular formula is C14H16BrNO. The number of ether oxygens (including phenoxy) is 1. The standard InChI is InChI=1S/C14H16BrNO/c1-9-7-13(15)16-12-6-5-10(8-11(9)12)17-14(2,3)4/h5-8H,1-4H3. The fourth-order valence-electron chi connectivity index (χ4n) is 1.75. The Kier molecular flexibility index (Phi) is 3.13. The second-order valence-corrected chi connectivity index (χ2v) is 5.97. The summed E-state index contributed by atoms with van der Waals surface area (Å²) in [5.41, 5.74) is 2.00. The SMILES string of the molecule is Cc1cc(Br)nc2ccc(OC(C)(C)C)cc12. The molecule has 0 aliphatic rings. The van der Waals surface area contributed by atoms with E-state index in [1.165, 1.54) is 5.56 Å². The minimum Gasteiger partial charge on any atom is -0.488 e. The van der Waals surface area contributed by atoms with Crippen LogP contribution in [0.5, 0.6) is 5.75 Å². The van der Waals surface area contributed by atoms with Crippen molar-refractivity contribution in [3.63, 3.8) is 0 Å². The van der Waals surface area contributed by atoms with Gasteiger partial charge >= 0.3 is 0 Å². The van der Waals surface area contributed by atoms with Crippen LogP contribution in [0.4, 0.5) is 0 Å². The van der Waals surface area contributed by atoms with Gasteiger partial charge in [0.05, 0.1) is 5.52 Å². The van der Waals surface area contributed by atoms with E-state index in [0.29, 0.717) is 0 Å². The highest BCUT2D eigenvalue weighted by molar-refractivity contribution is 9.10. The predicted molar refractivity (Wildman–Crippen MR) is 74.6 cm³/mol. The first-order valence-corrected chi connectivity index (χ1v) is 6.40. The van der Waals surface area contributed by atoms with Gasteiger partial charge in [-0.3, -0.25) is 0 Å². The van der Waals surface area contributed by atoms with Gasteiger partial charge in [-0.1, -0.05) is 0 Å². The number of rotatable bonds is 1. The molecule has 1 aromatic heterocycles. The largest absolute Gasteiger partial charge is 0.488 e. The maximum atomic E-state index is 5.86. The van der Waals surface area contributed by atoms with Crippen LogP contribution in [-0.2, 0) is 0 Å². The van der Waals surface area contributed by atoms with Crippen LogP contribution < -0.4 is 4.74 Å². The zero-order valence-electron chi connectivity index (χ0n) is 10.5. The second kappa shape index (κ2) is 4.30. The molecule has 0 fully saturated rings. The summed E-state index contributed by atoms with van der Waals surface area (Å²) in [6.07, 6.45) is 0. The van der Waals surface area contributed by atoms with E-state index in [2.05, 4.69) is 33.9 Å². The van der Waals surface area contributed by atoms with Crippen LogP contribution >= 0.6 is 15.9 Å². The number of fused-ring (bicyclic) bond motifs is 1. The van der Waals surface area contributed by atoms with E-state index < -0.39 is 0 Å². The summed E-state index contributed by atoms with van der Waals surface area (Å²) in [6, 6.07) is 8.03. The fourth-order valence-corrected chi connectivity index (χ4v) is 2.28. The van der Waals surface area contributed by atoms with Crippen LogP contribution in [-0.4, -0.2) is 10.6 Å². The van der Waals surface area contributed by atoms with Crippen LogP contribution in [0.25, 0.3) is 10.9 Å². The highest BCUT2D eigenvalue weighted by Gasteiger charge is 2.12. The third-order valence-corrected chi connectivity index (χ3v) is 2.79. The average molecular weight is 294 g/mol. The van der Waals surface area contributed by atoms with Crippen molar-refractivity contribution in [1.82, 2.24) is 4.98 Å². The van der Waals surface area contributed by atoms with Crippen molar-refractivity contribution in [1.29, 1.82) is 0 Å². The van der Waals surface area contributed by atoms with Crippen molar-refractivity contribution in [2.75, 3.05) is 0 Å². The Morgan fingerprint density at radius 3 is 2.53 bits per heavy atom. The Balaban J connectivity index is 2.51. The monoisotopic (exact) mass is 293 g/mol. The highest BCUT2D eigenvalue weighted by Crippen LogP contribution is 2.26. The third-order valence-electron chi connectivity index (χ3n) is 2.38. The molecule has 1 heterocycles. The van der Waals surface area contributed by atoms with Gasteiger partial charge in [-0.15, -0.1) is 0 Å². The highest BCUT2D eigenvalue weighted by atomic mass is 79.9. The van der Waals surface area contributed by atoms with Gasteiger partial charge in [0.1, 0.15) is 16.0 Å². The molecule has 2 aromatic rings. The van der Waals surface area contributed by atoms with Crippen LogP contribution in [0.2, 0.25) is 0 Å². The first-order chi connectivity index (χ1) is 7.85. The Morgan fingerprint density at radius 2 is 1.88 bits per heavy atom. The number of hydrogen-bond acceptors (Lipinski definition) is 2. The molecular weight excluding hydrogens is 278 g/mol. The zero-order chi connectivity index (χ0) is 12.6. The first-order valence-electron chi connectivity index (χ1n) is 5.61. The van der Waals surface area contributed by atoms with Gasteiger partial charge in [-0.05, 0) is 73.5 Å². The summed E-state index contributed by atoms with van der Waals surface area (Å²) in [6.45, 7) is 8.22. The van der Waals surface area contributed by atoms with Gasteiger partial charge in [0.15, 0.2) is 0 Å². The lowest BCUT2D eigenvalue weighted by atomic mass is 10.1. The number of aromatic nitrogens is 1. The minimum absolute atomic E-state index is 0.176. The van der Waals surface area contributed by atoms with Gasteiger partial charge < -0.3 is 4.74 Å². The molecule has 0 amide bonds. The molecule has 0 saturated heterocycles. The Bertz CT molecular complexity index is 558. The molecule has 0 aliphatic heterocycles. The topological polar surface area (TPSA) is 22.1 Å². The molecule has 2 rings (SSSR count). The van der Waals surface area contributed by atoms with E-state index in [1.807, 2.05) is 39.0 Å². The summed E-state index contributed by atoms with van der Waals surface area (Å²) in [5.74, 6) is 0.886. The Hall–Kier alpha value is -1.09. The molecule has 0 bridgehead atoms. The molecule has 90 valence electrons. The lowest BCUT2D eigenvalue weighted by Gasteiger charge is -2.21. The summed E-state index contributed by atoms with van der Waals surface area (Å²) >= 11 is 3.41. The van der Waals surface area contributed by atoms with Gasteiger partial charge in [0.25, 0.3) is 0 Å². The van der Waals surface area contributed by atoms with Crippen molar-refractivity contribution in [3.8, 4) is 5.75 Å². The lowest BCUT2D eigenvalue weighted by Crippen LogP contribution is -2.22. The van der Waals surface area contributed by atoms with E-state index in [0.717, 1.165) is 21.3 Å². The van der Waals surface area contributed by atoms with Crippen LogP contribution in [0, 0.1) is 6.92 Å². The quantitative estimate of drug-likeness (QED) is 0.723. The number of pyridine rings is 1. The molecule has 0 spiro atoms. The van der Waals surface area contributed by atoms with E-state index in [9.17, 15) is 0 Å². The molecule has 0 aliphatic carbocycles. The lowest BCUT2D eigenvalue weighted by molar-refractivity contribution is 0.131. The number of aryl methyl sites for hydroxylation is 1. The van der Waals surface area contributed by atoms with E-state index in [1.54, 1.807) is 0 Å². The fraction of sp³-hybridized carbons (Fsp3) is 0.357. The van der Waals surface area contributed by atoms with Crippen molar-refractivity contribution < 1.29 is 4.74 Å². The number of halogens is 1. The van der Waals surface area contributed by atoms with Gasteiger partial charge in [0, 0.05) is 5.39 Å². The Morgan fingerprint density at radius 1 is 1.18 bits per heavy atom. The molecule has 17 heavy (non-hydrogen) atoms. The average Bonchev–Trinajstić information content (AvgIpc) is 2.16. The van der Waals surface area contributed by atoms with Gasteiger partial charge in [-0.25, -0.2) is 4.98 Å². The first kappa shape index (κ1) is 12.4. The number of hydrogen-bond donors (Lipinski definition) is 0. The smallest absolute Gasteiger partial charge is 0.120 e. The van der Waals surface area contributed by atoms with Crippen molar-refractivity contribution >= 4 is 26.8 Å². The van der Waals surface area contributed by atoms with Crippen LogP contribution in [0.1, 0.15) is 26.3 Å². The van der Waals surface area contributed by atoms with Gasteiger partial charge in [0.2, 0.25) is 0 Å². The normalized spacial score (nSPS) is 11.8. The molecule has 0 unspecified atom stereocenters. The van der Waals surface area contributed by atoms with E-state index in [-0.39, 0.29) is 5.60 Å². The third kappa shape index (κ3) is 2.97. The summed E-state index contributed by atoms with van der Waals surface area (Å²) in [7, 11) is 0. The number of benzene rings is 1.